The van der Waals surface area contributed by atoms with Crippen LogP contribution in [0.4, 0.5) is 0 Å². The standard InChI is InChI=1S/C12H15ClO3/c1-8(13)7-16-12-6-10(15-3)4-5-11(12)9(2)14/h4-6,9,14H,1,7H2,2-3H3/t9-/m1/s1. The average Bonchev–Trinajstić information content (AvgIpc) is 2.25. The summed E-state index contributed by atoms with van der Waals surface area (Å²) in [5.74, 6) is 1.22. The van der Waals surface area contributed by atoms with Gasteiger partial charge in [0.2, 0.25) is 0 Å². The molecular formula is C12H15ClO3. The topological polar surface area (TPSA) is 38.7 Å². The molecule has 1 aromatic carbocycles. The Kier molecular flexibility index (Phi) is 4.65. The summed E-state index contributed by atoms with van der Waals surface area (Å²) in [5, 5.41) is 9.96. The smallest absolute Gasteiger partial charge is 0.129 e. The van der Waals surface area contributed by atoms with Crippen LogP contribution >= 0.6 is 11.6 Å². The van der Waals surface area contributed by atoms with Crippen LogP contribution in [-0.4, -0.2) is 18.8 Å². The van der Waals surface area contributed by atoms with Gasteiger partial charge in [0.25, 0.3) is 0 Å². The first kappa shape index (κ1) is 12.9. The maximum atomic E-state index is 9.56. The van der Waals surface area contributed by atoms with E-state index in [9.17, 15) is 5.11 Å². The molecule has 1 aromatic rings. The molecule has 3 nitrogen and oxygen atoms in total. The van der Waals surface area contributed by atoms with E-state index in [4.69, 9.17) is 21.1 Å². The molecule has 1 N–H and O–H groups in total. The highest BCUT2D eigenvalue weighted by Gasteiger charge is 2.10. The van der Waals surface area contributed by atoms with Gasteiger partial charge in [0, 0.05) is 16.7 Å². The molecule has 4 heteroatoms. The molecule has 0 saturated carbocycles. The number of methoxy groups -OCH3 is 1. The van der Waals surface area contributed by atoms with Crippen LogP contribution in [0.2, 0.25) is 0 Å². The lowest BCUT2D eigenvalue weighted by molar-refractivity contribution is 0.192. The molecule has 1 atom stereocenters. The summed E-state index contributed by atoms with van der Waals surface area (Å²) in [6.07, 6.45) is -0.607. The second-order valence-electron chi connectivity index (χ2n) is 3.39. The Morgan fingerprint density at radius 3 is 2.75 bits per heavy atom. The molecule has 0 fully saturated rings. The molecule has 0 amide bonds. The second kappa shape index (κ2) is 5.77. The van der Waals surface area contributed by atoms with E-state index in [-0.39, 0.29) is 6.61 Å². The highest BCUT2D eigenvalue weighted by Crippen LogP contribution is 2.29. The Morgan fingerprint density at radius 2 is 2.25 bits per heavy atom. The molecule has 88 valence electrons. The summed E-state index contributed by atoms with van der Waals surface area (Å²) in [6, 6.07) is 5.24. The van der Waals surface area contributed by atoms with Crippen molar-refractivity contribution in [2.75, 3.05) is 13.7 Å². The van der Waals surface area contributed by atoms with Crippen LogP contribution in [0.3, 0.4) is 0 Å². The molecule has 0 spiro atoms. The van der Waals surface area contributed by atoms with E-state index in [0.717, 1.165) is 0 Å². The predicted molar refractivity (Wildman–Crippen MR) is 64.1 cm³/mol. The normalized spacial score (nSPS) is 12.0. The van der Waals surface area contributed by atoms with E-state index in [1.54, 1.807) is 32.2 Å². The summed E-state index contributed by atoms with van der Waals surface area (Å²) in [5.41, 5.74) is 0.693. The Bertz CT molecular complexity index is 375. The lowest BCUT2D eigenvalue weighted by Gasteiger charge is -2.14. The maximum absolute atomic E-state index is 9.56. The summed E-state index contributed by atoms with van der Waals surface area (Å²) in [6.45, 7) is 5.41. The predicted octanol–water partition coefficient (Wildman–Crippen LogP) is 2.88. The molecule has 0 bridgehead atoms. The van der Waals surface area contributed by atoms with Crippen LogP contribution in [0.25, 0.3) is 0 Å². The lowest BCUT2D eigenvalue weighted by atomic mass is 10.1. The highest BCUT2D eigenvalue weighted by atomic mass is 35.5. The first-order valence-corrected chi connectivity index (χ1v) is 5.24. The third kappa shape index (κ3) is 3.43. The minimum atomic E-state index is -0.607. The van der Waals surface area contributed by atoms with Gasteiger partial charge in [-0.25, -0.2) is 0 Å². The molecular weight excluding hydrogens is 228 g/mol. The van der Waals surface area contributed by atoms with Gasteiger partial charge in [-0.05, 0) is 19.1 Å². The fraction of sp³-hybridized carbons (Fsp3) is 0.333. The number of hydrogen-bond donors (Lipinski definition) is 1. The zero-order chi connectivity index (χ0) is 12.1. The number of benzene rings is 1. The van der Waals surface area contributed by atoms with E-state index in [1.165, 1.54) is 0 Å². The van der Waals surface area contributed by atoms with Gasteiger partial charge in [0.05, 0.1) is 13.2 Å². The summed E-state index contributed by atoms with van der Waals surface area (Å²) in [7, 11) is 1.57. The van der Waals surface area contributed by atoms with E-state index in [2.05, 4.69) is 6.58 Å². The van der Waals surface area contributed by atoms with Crippen LogP contribution in [0.1, 0.15) is 18.6 Å². The minimum absolute atomic E-state index is 0.203. The highest BCUT2D eigenvalue weighted by molar-refractivity contribution is 6.29. The molecule has 1 rings (SSSR count). The second-order valence-corrected chi connectivity index (χ2v) is 3.92. The SMILES string of the molecule is C=C(Cl)COc1cc(OC)ccc1[C@@H](C)O. The lowest BCUT2D eigenvalue weighted by Crippen LogP contribution is -2.02. The number of aliphatic hydroxyl groups excluding tert-OH is 1. The third-order valence-corrected chi connectivity index (χ3v) is 2.16. The Balaban J connectivity index is 2.95. The molecule has 16 heavy (non-hydrogen) atoms. The molecule has 0 unspecified atom stereocenters. The summed E-state index contributed by atoms with van der Waals surface area (Å²) >= 11 is 5.62. The van der Waals surface area contributed by atoms with Gasteiger partial charge < -0.3 is 14.6 Å². The fourth-order valence-electron chi connectivity index (χ4n) is 1.27. The molecule has 0 aliphatic rings. The average molecular weight is 243 g/mol. The van der Waals surface area contributed by atoms with Gasteiger partial charge in [-0.1, -0.05) is 18.2 Å². The Morgan fingerprint density at radius 1 is 1.56 bits per heavy atom. The number of ether oxygens (including phenoxy) is 2. The van der Waals surface area contributed by atoms with E-state index >= 15 is 0 Å². The summed E-state index contributed by atoms with van der Waals surface area (Å²) in [4.78, 5) is 0. The molecule has 0 heterocycles. The maximum Gasteiger partial charge on any atom is 0.129 e. The quantitative estimate of drug-likeness (QED) is 0.863. The van der Waals surface area contributed by atoms with Gasteiger partial charge >= 0.3 is 0 Å². The number of aliphatic hydroxyl groups is 1. The molecule has 0 aliphatic carbocycles. The van der Waals surface area contributed by atoms with Crippen LogP contribution in [0.15, 0.2) is 29.8 Å². The molecule has 0 aliphatic heterocycles. The van der Waals surface area contributed by atoms with E-state index in [0.29, 0.717) is 22.1 Å². The van der Waals surface area contributed by atoms with Crippen molar-refractivity contribution < 1.29 is 14.6 Å². The van der Waals surface area contributed by atoms with Crippen molar-refractivity contribution in [3.63, 3.8) is 0 Å². The molecule has 0 aromatic heterocycles. The van der Waals surface area contributed by atoms with Crippen molar-refractivity contribution in [1.29, 1.82) is 0 Å². The third-order valence-electron chi connectivity index (χ3n) is 2.06. The van der Waals surface area contributed by atoms with Crippen LogP contribution < -0.4 is 9.47 Å². The monoisotopic (exact) mass is 242 g/mol. The van der Waals surface area contributed by atoms with Crippen molar-refractivity contribution in [2.45, 2.75) is 13.0 Å². The first-order chi connectivity index (χ1) is 7.54. The van der Waals surface area contributed by atoms with Crippen molar-refractivity contribution >= 4 is 11.6 Å². The fourth-order valence-corrected chi connectivity index (χ4v) is 1.32. The zero-order valence-corrected chi connectivity index (χ0v) is 10.1. The van der Waals surface area contributed by atoms with Crippen molar-refractivity contribution in [2.24, 2.45) is 0 Å². The Hall–Kier alpha value is -1.19. The van der Waals surface area contributed by atoms with Crippen molar-refractivity contribution in [3.8, 4) is 11.5 Å². The summed E-state index contributed by atoms with van der Waals surface area (Å²) < 4.78 is 10.5. The zero-order valence-electron chi connectivity index (χ0n) is 9.37. The van der Waals surface area contributed by atoms with Gasteiger partial charge in [-0.2, -0.15) is 0 Å². The number of rotatable bonds is 5. The van der Waals surface area contributed by atoms with Gasteiger partial charge in [0.1, 0.15) is 18.1 Å². The molecule has 0 saturated heterocycles. The van der Waals surface area contributed by atoms with Crippen molar-refractivity contribution in [1.82, 2.24) is 0 Å². The minimum Gasteiger partial charge on any atom is -0.497 e. The van der Waals surface area contributed by atoms with Crippen molar-refractivity contribution in [3.05, 3.63) is 35.4 Å². The van der Waals surface area contributed by atoms with Gasteiger partial charge in [-0.3, -0.25) is 0 Å². The molecule has 0 radical (unpaired) electrons. The van der Waals surface area contributed by atoms with E-state index < -0.39 is 6.10 Å². The van der Waals surface area contributed by atoms with E-state index in [1.807, 2.05) is 0 Å². The Labute approximate surface area is 100 Å². The largest absolute Gasteiger partial charge is 0.497 e. The van der Waals surface area contributed by atoms with Crippen LogP contribution in [0, 0.1) is 0 Å². The number of hydrogen-bond acceptors (Lipinski definition) is 3. The van der Waals surface area contributed by atoms with Gasteiger partial charge in [-0.15, -0.1) is 0 Å². The van der Waals surface area contributed by atoms with Gasteiger partial charge in [0.15, 0.2) is 0 Å². The first-order valence-electron chi connectivity index (χ1n) is 4.86. The number of halogens is 1. The van der Waals surface area contributed by atoms with Crippen LogP contribution in [0.5, 0.6) is 11.5 Å². The van der Waals surface area contributed by atoms with Crippen LogP contribution in [-0.2, 0) is 0 Å².